The van der Waals surface area contributed by atoms with Gasteiger partial charge in [0.2, 0.25) is 5.91 Å². The minimum Gasteiger partial charge on any atom is -0.344 e. The maximum absolute atomic E-state index is 13.2. The Balaban J connectivity index is 0.00000169. The minimum atomic E-state index is -2.76. The number of hydrogen-bond donors (Lipinski definition) is 1. The van der Waals surface area contributed by atoms with Crippen molar-refractivity contribution in [2.45, 2.75) is 31.4 Å². The Hall–Kier alpha value is -0.950. The Morgan fingerprint density at radius 2 is 2.00 bits per heavy atom. The Morgan fingerprint density at radius 1 is 1.31 bits per heavy atom. The van der Waals surface area contributed by atoms with E-state index < -0.39 is 18.5 Å². The second kappa shape index (κ2) is 9.83. The molecule has 8 heteroatoms. The normalized spacial score (nSPS) is 24.6. The monoisotopic (exact) mass is 409 g/mol. The van der Waals surface area contributed by atoms with Gasteiger partial charge in [-0.1, -0.05) is 30.3 Å². The van der Waals surface area contributed by atoms with Crippen LogP contribution in [0.3, 0.4) is 0 Å². The van der Waals surface area contributed by atoms with Crippen molar-refractivity contribution in [2.75, 3.05) is 33.2 Å². The Labute approximate surface area is 166 Å². The predicted molar refractivity (Wildman–Crippen MR) is 103 cm³/mol. The highest BCUT2D eigenvalue weighted by atomic mass is 35.5. The van der Waals surface area contributed by atoms with Crippen LogP contribution in [0.25, 0.3) is 0 Å². The Kier molecular flexibility index (Phi) is 8.73. The first-order valence-corrected chi connectivity index (χ1v) is 8.55. The number of amides is 1. The van der Waals surface area contributed by atoms with Crippen LogP contribution in [0.1, 0.15) is 18.4 Å². The standard InChI is InChI=1S/C18H25F2N3O.2ClH/c1-22(17(24)16-9-18(19,20)13-21-16)10-15-7-8-23(12-15)11-14-5-3-2-4-6-14;;/h2-6,15-16,21H,7-13H2,1H3;2*1H. The molecule has 1 aromatic carbocycles. The molecule has 2 fully saturated rings. The summed E-state index contributed by atoms with van der Waals surface area (Å²) >= 11 is 0. The summed E-state index contributed by atoms with van der Waals surface area (Å²) in [6.45, 7) is 3.12. The number of benzene rings is 1. The lowest BCUT2D eigenvalue weighted by Gasteiger charge is -2.24. The summed E-state index contributed by atoms with van der Waals surface area (Å²) < 4.78 is 26.5. The number of alkyl halides is 2. The van der Waals surface area contributed by atoms with Crippen molar-refractivity contribution in [3.63, 3.8) is 0 Å². The van der Waals surface area contributed by atoms with Crippen molar-refractivity contribution < 1.29 is 13.6 Å². The molecule has 26 heavy (non-hydrogen) atoms. The van der Waals surface area contributed by atoms with E-state index in [1.165, 1.54) is 5.56 Å². The molecule has 0 aromatic heterocycles. The van der Waals surface area contributed by atoms with E-state index in [0.29, 0.717) is 12.5 Å². The van der Waals surface area contributed by atoms with E-state index in [9.17, 15) is 13.6 Å². The average molecular weight is 410 g/mol. The molecule has 2 aliphatic rings. The molecule has 3 rings (SSSR count). The van der Waals surface area contributed by atoms with Crippen molar-refractivity contribution >= 4 is 30.7 Å². The highest BCUT2D eigenvalue weighted by Crippen LogP contribution is 2.26. The van der Waals surface area contributed by atoms with Crippen molar-refractivity contribution in [3.05, 3.63) is 35.9 Å². The fraction of sp³-hybridized carbons (Fsp3) is 0.611. The van der Waals surface area contributed by atoms with Gasteiger partial charge in [0, 0.05) is 33.1 Å². The molecule has 2 unspecified atom stereocenters. The van der Waals surface area contributed by atoms with Gasteiger partial charge < -0.3 is 4.90 Å². The van der Waals surface area contributed by atoms with Gasteiger partial charge in [0.15, 0.2) is 0 Å². The molecule has 0 spiro atoms. The third-order valence-electron chi connectivity index (χ3n) is 4.94. The number of nitrogens with one attached hydrogen (secondary N) is 1. The summed E-state index contributed by atoms with van der Waals surface area (Å²) in [5.74, 6) is -2.57. The number of likely N-dealkylation sites (N-methyl/N-ethyl adjacent to an activating group) is 1. The highest BCUT2D eigenvalue weighted by Gasteiger charge is 2.43. The van der Waals surface area contributed by atoms with Crippen LogP contribution in [0.4, 0.5) is 8.78 Å². The maximum Gasteiger partial charge on any atom is 0.262 e. The SMILES string of the molecule is CN(CC1CCN(Cc2ccccc2)C1)C(=O)C1CC(F)(F)CN1.Cl.Cl. The Morgan fingerprint density at radius 3 is 2.62 bits per heavy atom. The summed E-state index contributed by atoms with van der Waals surface area (Å²) in [7, 11) is 1.72. The average Bonchev–Trinajstić information content (AvgIpc) is 3.13. The molecule has 0 bridgehead atoms. The number of hydrogen-bond acceptors (Lipinski definition) is 3. The molecule has 2 aliphatic heterocycles. The molecule has 2 heterocycles. The van der Waals surface area contributed by atoms with Crippen LogP contribution >= 0.6 is 24.8 Å². The van der Waals surface area contributed by atoms with Gasteiger partial charge >= 0.3 is 0 Å². The lowest BCUT2D eigenvalue weighted by atomic mass is 10.1. The molecule has 1 amide bonds. The van der Waals surface area contributed by atoms with E-state index in [0.717, 1.165) is 26.1 Å². The summed E-state index contributed by atoms with van der Waals surface area (Å²) in [6, 6.07) is 9.59. The summed E-state index contributed by atoms with van der Waals surface area (Å²) in [5.41, 5.74) is 1.29. The zero-order valence-electron chi connectivity index (χ0n) is 14.9. The van der Waals surface area contributed by atoms with E-state index >= 15 is 0 Å². The van der Waals surface area contributed by atoms with Gasteiger partial charge in [0.05, 0.1) is 12.6 Å². The number of carbonyl (C=O) groups excluding carboxylic acids is 1. The van der Waals surface area contributed by atoms with Crippen LogP contribution in [-0.2, 0) is 11.3 Å². The predicted octanol–water partition coefficient (Wildman–Crippen LogP) is 2.81. The Bertz CT molecular complexity index is 577. The van der Waals surface area contributed by atoms with Gasteiger partial charge in [-0.2, -0.15) is 0 Å². The lowest BCUT2D eigenvalue weighted by Crippen LogP contribution is -2.43. The smallest absolute Gasteiger partial charge is 0.262 e. The van der Waals surface area contributed by atoms with Crippen molar-refractivity contribution in [1.82, 2.24) is 15.1 Å². The van der Waals surface area contributed by atoms with Crippen LogP contribution in [-0.4, -0.2) is 60.9 Å². The van der Waals surface area contributed by atoms with Crippen molar-refractivity contribution in [1.29, 1.82) is 0 Å². The highest BCUT2D eigenvalue weighted by molar-refractivity contribution is 5.85. The number of halogens is 4. The van der Waals surface area contributed by atoms with Crippen molar-refractivity contribution in [3.8, 4) is 0 Å². The van der Waals surface area contributed by atoms with E-state index in [4.69, 9.17) is 0 Å². The topological polar surface area (TPSA) is 35.6 Å². The first-order chi connectivity index (χ1) is 11.4. The molecule has 0 saturated carbocycles. The van der Waals surface area contributed by atoms with Gasteiger partial charge in [-0.3, -0.25) is 15.0 Å². The third kappa shape index (κ3) is 6.05. The van der Waals surface area contributed by atoms with E-state index in [-0.39, 0.29) is 37.1 Å². The number of carbonyl (C=O) groups is 1. The van der Waals surface area contributed by atoms with Gasteiger partial charge in [-0.15, -0.1) is 24.8 Å². The molecule has 0 aliphatic carbocycles. The molecule has 4 nitrogen and oxygen atoms in total. The minimum absolute atomic E-state index is 0. The van der Waals surface area contributed by atoms with E-state index in [1.54, 1.807) is 11.9 Å². The number of rotatable bonds is 5. The fourth-order valence-corrected chi connectivity index (χ4v) is 3.68. The quantitative estimate of drug-likeness (QED) is 0.811. The molecule has 148 valence electrons. The second-order valence-corrected chi connectivity index (χ2v) is 7.09. The van der Waals surface area contributed by atoms with Gasteiger partial charge in [-0.05, 0) is 24.4 Å². The first kappa shape index (κ1) is 23.1. The van der Waals surface area contributed by atoms with Crippen LogP contribution in [0.5, 0.6) is 0 Å². The number of likely N-dealkylation sites (tertiary alicyclic amines) is 1. The molecular formula is C18H27Cl2F2N3O. The zero-order chi connectivity index (χ0) is 17.2. The summed E-state index contributed by atoms with van der Waals surface area (Å²) in [6.07, 6.45) is 0.652. The van der Waals surface area contributed by atoms with Crippen LogP contribution in [0, 0.1) is 5.92 Å². The second-order valence-electron chi connectivity index (χ2n) is 7.09. The lowest BCUT2D eigenvalue weighted by molar-refractivity contribution is -0.132. The molecular weight excluding hydrogens is 383 g/mol. The molecule has 2 atom stereocenters. The zero-order valence-corrected chi connectivity index (χ0v) is 16.5. The van der Waals surface area contributed by atoms with Gasteiger partial charge in [0.25, 0.3) is 5.92 Å². The summed E-state index contributed by atoms with van der Waals surface area (Å²) in [4.78, 5) is 16.3. The largest absolute Gasteiger partial charge is 0.344 e. The molecule has 2 saturated heterocycles. The number of nitrogens with zero attached hydrogens (tertiary/aromatic N) is 2. The third-order valence-corrected chi connectivity index (χ3v) is 4.94. The fourth-order valence-electron chi connectivity index (χ4n) is 3.68. The summed E-state index contributed by atoms with van der Waals surface area (Å²) in [5, 5.41) is 2.64. The first-order valence-electron chi connectivity index (χ1n) is 8.55. The van der Waals surface area contributed by atoms with Gasteiger partial charge in [0.1, 0.15) is 0 Å². The molecule has 0 radical (unpaired) electrons. The van der Waals surface area contributed by atoms with Crippen LogP contribution in [0.2, 0.25) is 0 Å². The van der Waals surface area contributed by atoms with Crippen molar-refractivity contribution in [2.24, 2.45) is 5.92 Å². The molecule has 1 N–H and O–H groups in total. The van der Waals surface area contributed by atoms with Crippen LogP contribution in [0.15, 0.2) is 30.3 Å². The van der Waals surface area contributed by atoms with E-state index in [1.807, 2.05) is 18.2 Å². The van der Waals surface area contributed by atoms with E-state index in [2.05, 4.69) is 22.3 Å². The van der Waals surface area contributed by atoms with Gasteiger partial charge in [-0.25, -0.2) is 8.78 Å². The maximum atomic E-state index is 13.2. The molecule has 1 aromatic rings. The van der Waals surface area contributed by atoms with Crippen LogP contribution < -0.4 is 5.32 Å².